The number of hydrogen-bond acceptors (Lipinski definition) is 6. The molecule has 11 heteroatoms. The van der Waals surface area contributed by atoms with Crippen LogP contribution in [0.1, 0.15) is 92.4 Å². The molecular weight excluding hydrogens is 538 g/mol. The van der Waals surface area contributed by atoms with E-state index in [9.17, 15) is 28.8 Å². The van der Waals surface area contributed by atoms with Gasteiger partial charge in [-0.25, -0.2) is 4.79 Å². The highest BCUT2D eigenvalue weighted by Crippen LogP contribution is 2.43. The van der Waals surface area contributed by atoms with Crippen LogP contribution in [0.3, 0.4) is 0 Å². The van der Waals surface area contributed by atoms with Gasteiger partial charge in [-0.2, -0.15) is 0 Å². The molecule has 0 radical (unpaired) electrons. The highest BCUT2D eigenvalue weighted by molar-refractivity contribution is 6.37. The fourth-order valence-corrected chi connectivity index (χ4v) is 6.91. The van der Waals surface area contributed by atoms with E-state index in [1.54, 1.807) is 4.90 Å². The topological polar surface area (TPSA) is 168 Å². The van der Waals surface area contributed by atoms with Gasteiger partial charge in [0.15, 0.2) is 5.78 Å². The maximum Gasteiger partial charge on any atom is 0.316 e. The van der Waals surface area contributed by atoms with Gasteiger partial charge in [-0.05, 0) is 61.2 Å². The van der Waals surface area contributed by atoms with Crippen molar-refractivity contribution in [2.45, 2.75) is 117 Å². The minimum absolute atomic E-state index is 0.0180. The Morgan fingerprint density at radius 2 is 1.52 bits per heavy atom. The van der Waals surface area contributed by atoms with E-state index in [0.717, 1.165) is 51.4 Å². The summed E-state index contributed by atoms with van der Waals surface area (Å²) in [6, 6.07) is -4.04. The van der Waals surface area contributed by atoms with Gasteiger partial charge in [0.25, 0.3) is 5.91 Å². The van der Waals surface area contributed by atoms with Crippen molar-refractivity contribution in [1.29, 1.82) is 0 Å². The minimum atomic E-state index is -1.08. The van der Waals surface area contributed by atoms with Gasteiger partial charge in [-0.3, -0.25) is 24.0 Å². The summed E-state index contributed by atoms with van der Waals surface area (Å²) in [7, 11) is 0. The van der Waals surface area contributed by atoms with Crippen molar-refractivity contribution in [1.82, 2.24) is 20.9 Å². The molecule has 42 heavy (non-hydrogen) atoms. The van der Waals surface area contributed by atoms with Crippen molar-refractivity contribution < 1.29 is 28.8 Å². The Labute approximate surface area is 248 Å². The molecule has 1 saturated heterocycles. The normalized spacial score (nSPS) is 26.0. The second-order valence-electron chi connectivity index (χ2n) is 14.4. The van der Waals surface area contributed by atoms with Gasteiger partial charge in [-0.15, -0.1) is 0 Å². The second-order valence-corrected chi connectivity index (χ2v) is 14.4. The van der Waals surface area contributed by atoms with Crippen LogP contribution in [-0.2, 0) is 24.0 Å². The molecule has 6 unspecified atom stereocenters. The summed E-state index contributed by atoms with van der Waals surface area (Å²) in [5.41, 5.74) is 4.62. The molecule has 1 heterocycles. The monoisotopic (exact) mass is 587 g/mol. The van der Waals surface area contributed by atoms with Crippen molar-refractivity contribution in [3.63, 3.8) is 0 Å². The number of carbonyl (C=O) groups is 6. The van der Waals surface area contributed by atoms with Gasteiger partial charge in [0.2, 0.25) is 17.6 Å². The highest BCUT2D eigenvalue weighted by atomic mass is 16.2. The standard InChI is InChI=1S/C31H49N5O6/c1-16(2)22(24(37)18-12-13-18)34-30(42)35-26(31(3,4)5)29(41)36-15-19-10-7-11-20(19)23(36)28(40)33-21(25(38)27(32)39)14-17-8-6-9-17/h16-23,26H,6-15H2,1-5H3,(H2,32,39)(H,33,40)(H2,34,35,42). The molecule has 5 amide bonds. The zero-order valence-electron chi connectivity index (χ0n) is 25.7. The lowest BCUT2D eigenvalue weighted by Gasteiger charge is -2.37. The van der Waals surface area contributed by atoms with E-state index in [1.165, 1.54) is 0 Å². The first-order chi connectivity index (χ1) is 19.7. The van der Waals surface area contributed by atoms with Crippen LogP contribution in [0.4, 0.5) is 4.79 Å². The molecule has 3 saturated carbocycles. The Kier molecular flexibility index (Phi) is 9.67. The van der Waals surface area contributed by atoms with Crippen molar-refractivity contribution in [3.8, 4) is 0 Å². The van der Waals surface area contributed by atoms with Gasteiger partial charge in [0.05, 0.1) is 12.1 Å². The summed E-state index contributed by atoms with van der Waals surface area (Å²) in [5, 5.41) is 8.44. The zero-order chi connectivity index (χ0) is 30.9. The molecule has 0 spiro atoms. The molecule has 5 N–H and O–H groups in total. The number of nitrogens with two attached hydrogens (primary N) is 1. The van der Waals surface area contributed by atoms with Crippen LogP contribution in [0.2, 0.25) is 0 Å². The molecule has 234 valence electrons. The van der Waals surface area contributed by atoms with Crippen molar-refractivity contribution in [3.05, 3.63) is 0 Å². The van der Waals surface area contributed by atoms with E-state index in [-0.39, 0.29) is 41.3 Å². The number of nitrogens with zero attached hydrogens (tertiary/aromatic N) is 1. The highest BCUT2D eigenvalue weighted by Gasteiger charge is 2.52. The van der Waals surface area contributed by atoms with Crippen LogP contribution in [0, 0.1) is 35.0 Å². The van der Waals surface area contributed by atoms with E-state index in [1.807, 2.05) is 34.6 Å². The van der Waals surface area contributed by atoms with Crippen LogP contribution in [-0.4, -0.2) is 70.9 Å². The number of ketones is 2. The Balaban J connectivity index is 1.52. The molecule has 4 aliphatic rings. The first kappa shape index (κ1) is 31.9. The number of hydrogen-bond donors (Lipinski definition) is 4. The fraction of sp³-hybridized carbons (Fsp3) is 0.806. The van der Waals surface area contributed by atoms with Crippen LogP contribution in [0.5, 0.6) is 0 Å². The average Bonchev–Trinajstić information content (AvgIpc) is 3.52. The summed E-state index contributed by atoms with van der Waals surface area (Å²) >= 11 is 0. The Hall–Kier alpha value is -2.98. The first-order valence-electron chi connectivity index (χ1n) is 15.7. The minimum Gasteiger partial charge on any atom is -0.363 e. The van der Waals surface area contributed by atoms with Crippen LogP contribution in [0.25, 0.3) is 0 Å². The number of Topliss-reactive ketones (excluding diaryl/α,β-unsaturated/α-hetero) is 2. The van der Waals surface area contributed by atoms with E-state index in [0.29, 0.717) is 13.0 Å². The third kappa shape index (κ3) is 7.14. The summed E-state index contributed by atoms with van der Waals surface area (Å²) in [6.45, 7) is 9.67. The number of urea groups is 1. The molecule has 0 aromatic heterocycles. The number of rotatable bonds is 12. The predicted molar refractivity (Wildman–Crippen MR) is 156 cm³/mol. The van der Waals surface area contributed by atoms with Gasteiger partial charge < -0.3 is 26.6 Å². The van der Waals surface area contributed by atoms with E-state index < -0.39 is 53.2 Å². The number of fused-ring (bicyclic) bond motifs is 1. The third-order valence-corrected chi connectivity index (χ3v) is 9.74. The lowest BCUT2D eigenvalue weighted by Crippen LogP contribution is -2.62. The molecule has 6 atom stereocenters. The molecular formula is C31H49N5O6. The Bertz CT molecular complexity index is 1090. The largest absolute Gasteiger partial charge is 0.363 e. The summed E-state index contributed by atoms with van der Waals surface area (Å²) in [5.74, 6) is -2.53. The summed E-state index contributed by atoms with van der Waals surface area (Å²) in [4.78, 5) is 80.0. The Morgan fingerprint density at radius 1 is 0.881 bits per heavy atom. The van der Waals surface area contributed by atoms with Crippen molar-refractivity contribution >= 4 is 35.3 Å². The van der Waals surface area contributed by atoms with E-state index in [2.05, 4.69) is 16.0 Å². The maximum absolute atomic E-state index is 14.2. The number of likely N-dealkylation sites (tertiary alicyclic amines) is 1. The number of primary amides is 1. The molecule has 3 aliphatic carbocycles. The molecule has 0 aromatic carbocycles. The van der Waals surface area contributed by atoms with Gasteiger partial charge >= 0.3 is 6.03 Å². The second kappa shape index (κ2) is 12.7. The van der Waals surface area contributed by atoms with Crippen molar-refractivity contribution in [2.24, 2.45) is 40.7 Å². The number of amides is 5. The first-order valence-corrected chi connectivity index (χ1v) is 15.7. The van der Waals surface area contributed by atoms with E-state index in [4.69, 9.17) is 5.73 Å². The molecule has 0 aromatic rings. The number of carbonyl (C=O) groups excluding carboxylic acids is 6. The van der Waals surface area contributed by atoms with Crippen LogP contribution < -0.4 is 21.7 Å². The summed E-state index contributed by atoms with van der Waals surface area (Å²) in [6.07, 6.45) is 7.54. The lowest BCUT2D eigenvalue weighted by molar-refractivity contribution is -0.144. The molecule has 4 fully saturated rings. The van der Waals surface area contributed by atoms with Crippen LogP contribution in [0.15, 0.2) is 0 Å². The van der Waals surface area contributed by atoms with Crippen molar-refractivity contribution in [2.75, 3.05) is 6.54 Å². The fourth-order valence-electron chi connectivity index (χ4n) is 6.91. The van der Waals surface area contributed by atoms with Gasteiger partial charge in [0.1, 0.15) is 12.1 Å². The quantitative estimate of drug-likeness (QED) is 0.255. The van der Waals surface area contributed by atoms with Gasteiger partial charge in [0, 0.05) is 12.5 Å². The lowest BCUT2D eigenvalue weighted by atomic mass is 9.80. The van der Waals surface area contributed by atoms with Crippen LogP contribution >= 0.6 is 0 Å². The summed E-state index contributed by atoms with van der Waals surface area (Å²) < 4.78 is 0. The smallest absolute Gasteiger partial charge is 0.316 e. The van der Waals surface area contributed by atoms with Gasteiger partial charge in [-0.1, -0.05) is 60.3 Å². The van der Waals surface area contributed by atoms with E-state index >= 15 is 0 Å². The molecule has 0 bridgehead atoms. The molecule has 4 rings (SSSR count). The zero-order valence-corrected chi connectivity index (χ0v) is 25.7. The maximum atomic E-state index is 14.2. The molecule has 1 aliphatic heterocycles. The number of nitrogens with one attached hydrogen (secondary N) is 3. The predicted octanol–water partition coefficient (Wildman–Crippen LogP) is 2.06. The SMILES string of the molecule is CC(C)C(NC(=O)NC(C(=O)N1CC2CCCC2C1C(=O)NC(CC1CCC1)C(=O)C(N)=O)C(C)(C)C)C(=O)C1CC1. The Morgan fingerprint density at radius 3 is 2.05 bits per heavy atom. The molecule has 11 nitrogen and oxygen atoms in total. The average molecular weight is 588 g/mol. The third-order valence-electron chi connectivity index (χ3n) is 9.74.